The SMILES string of the molecule is C[C@H](Cl)C(=O)[C@@H](C)Cl. The number of halogens is 2. The third kappa shape index (κ3) is 2.53. The van der Waals surface area contributed by atoms with Crippen molar-refractivity contribution in [2.24, 2.45) is 0 Å². The van der Waals surface area contributed by atoms with Gasteiger partial charge in [0, 0.05) is 0 Å². The van der Waals surface area contributed by atoms with Gasteiger partial charge < -0.3 is 0 Å². The van der Waals surface area contributed by atoms with Gasteiger partial charge in [0.2, 0.25) is 0 Å². The average Bonchev–Trinajstić information content (AvgIpc) is 1.64. The zero-order chi connectivity index (χ0) is 6.73. The summed E-state index contributed by atoms with van der Waals surface area (Å²) in [5.74, 6) is -0.117. The molecule has 0 bridgehead atoms. The molecule has 0 aromatic heterocycles. The maximum atomic E-state index is 10.6. The van der Waals surface area contributed by atoms with E-state index in [0.29, 0.717) is 0 Å². The van der Waals surface area contributed by atoms with Gasteiger partial charge in [-0.15, -0.1) is 23.2 Å². The van der Waals surface area contributed by atoms with E-state index in [1.807, 2.05) is 0 Å². The number of Topliss-reactive ketones (excluding diaryl/α,β-unsaturated/α-hetero) is 1. The summed E-state index contributed by atoms with van der Waals surface area (Å²) in [6, 6.07) is 0. The number of alkyl halides is 2. The van der Waals surface area contributed by atoms with E-state index in [9.17, 15) is 4.79 Å². The summed E-state index contributed by atoms with van der Waals surface area (Å²) in [7, 11) is 0. The Morgan fingerprint density at radius 2 is 1.50 bits per heavy atom. The van der Waals surface area contributed by atoms with Gasteiger partial charge in [0.1, 0.15) is 0 Å². The fraction of sp³-hybridized carbons (Fsp3) is 0.800. The molecule has 0 N–H and O–H groups in total. The van der Waals surface area contributed by atoms with Gasteiger partial charge in [0.25, 0.3) is 0 Å². The topological polar surface area (TPSA) is 17.1 Å². The molecule has 0 heterocycles. The number of hydrogen-bond donors (Lipinski definition) is 0. The molecule has 0 radical (unpaired) electrons. The number of hydrogen-bond acceptors (Lipinski definition) is 1. The molecule has 0 saturated heterocycles. The molecule has 0 unspecified atom stereocenters. The van der Waals surface area contributed by atoms with E-state index in [-0.39, 0.29) is 5.78 Å². The number of ketones is 1. The van der Waals surface area contributed by atoms with E-state index in [0.717, 1.165) is 0 Å². The molecule has 0 aromatic carbocycles. The van der Waals surface area contributed by atoms with Crippen LogP contribution in [0.4, 0.5) is 0 Å². The Morgan fingerprint density at radius 3 is 1.50 bits per heavy atom. The highest BCUT2D eigenvalue weighted by molar-refractivity contribution is 6.39. The van der Waals surface area contributed by atoms with Crippen molar-refractivity contribution < 1.29 is 4.79 Å². The van der Waals surface area contributed by atoms with Crippen LogP contribution in [0.5, 0.6) is 0 Å². The first-order valence-corrected chi connectivity index (χ1v) is 3.25. The summed E-state index contributed by atoms with van der Waals surface area (Å²) < 4.78 is 0. The third-order valence-electron chi connectivity index (χ3n) is 0.784. The van der Waals surface area contributed by atoms with E-state index in [1.54, 1.807) is 13.8 Å². The lowest BCUT2D eigenvalue weighted by atomic mass is 10.2. The average molecular weight is 155 g/mol. The Hall–Kier alpha value is 0.250. The van der Waals surface area contributed by atoms with Crippen LogP contribution in [0.2, 0.25) is 0 Å². The van der Waals surface area contributed by atoms with E-state index in [4.69, 9.17) is 23.2 Å². The summed E-state index contributed by atoms with van der Waals surface area (Å²) in [5, 5.41) is -0.912. The molecule has 3 heteroatoms. The van der Waals surface area contributed by atoms with Crippen molar-refractivity contribution in [1.82, 2.24) is 0 Å². The maximum absolute atomic E-state index is 10.6. The second-order valence-corrected chi connectivity index (χ2v) is 2.94. The summed E-state index contributed by atoms with van der Waals surface area (Å²) in [6.45, 7) is 3.23. The van der Waals surface area contributed by atoms with Gasteiger partial charge in [0.05, 0.1) is 10.8 Å². The molecule has 0 saturated carbocycles. The van der Waals surface area contributed by atoms with Crippen molar-refractivity contribution >= 4 is 29.0 Å². The molecule has 1 nitrogen and oxygen atoms in total. The molecular weight excluding hydrogens is 147 g/mol. The molecule has 0 fully saturated rings. The van der Waals surface area contributed by atoms with E-state index in [1.165, 1.54) is 0 Å². The van der Waals surface area contributed by atoms with Crippen LogP contribution < -0.4 is 0 Å². The lowest BCUT2D eigenvalue weighted by Crippen LogP contribution is -2.18. The van der Waals surface area contributed by atoms with Crippen molar-refractivity contribution in [3.8, 4) is 0 Å². The first-order valence-electron chi connectivity index (χ1n) is 2.37. The van der Waals surface area contributed by atoms with Crippen molar-refractivity contribution in [3.63, 3.8) is 0 Å². The van der Waals surface area contributed by atoms with Crippen molar-refractivity contribution in [1.29, 1.82) is 0 Å². The van der Waals surface area contributed by atoms with Crippen LogP contribution in [0.25, 0.3) is 0 Å². The van der Waals surface area contributed by atoms with Crippen molar-refractivity contribution in [2.45, 2.75) is 24.6 Å². The van der Waals surface area contributed by atoms with Gasteiger partial charge in [-0.25, -0.2) is 0 Å². The Balaban J connectivity index is 3.65. The molecule has 0 spiro atoms. The molecular formula is C5H8Cl2O. The first kappa shape index (κ1) is 8.25. The normalized spacial score (nSPS) is 17.5. The Kier molecular flexibility index (Phi) is 3.41. The zero-order valence-corrected chi connectivity index (χ0v) is 6.33. The predicted molar refractivity (Wildman–Crippen MR) is 35.6 cm³/mol. The van der Waals surface area contributed by atoms with Crippen LogP contribution >= 0.6 is 23.2 Å². The number of rotatable bonds is 2. The lowest BCUT2D eigenvalue weighted by molar-refractivity contribution is -0.117. The van der Waals surface area contributed by atoms with Crippen LogP contribution in [0, 0.1) is 0 Å². The van der Waals surface area contributed by atoms with Gasteiger partial charge >= 0.3 is 0 Å². The molecule has 0 rings (SSSR count). The summed E-state index contributed by atoms with van der Waals surface area (Å²) in [5.41, 5.74) is 0. The highest BCUT2D eigenvalue weighted by atomic mass is 35.5. The number of carbonyl (C=O) groups is 1. The van der Waals surface area contributed by atoms with Gasteiger partial charge in [-0.3, -0.25) is 4.79 Å². The summed E-state index contributed by atoms with van der Waals surface area (Å²) in [6.07, 6.45) is 0. The van der Waals surface area contributed by atoms with E-state index < -0.39 is 10.8 Å². The van der Waals surface area contributed by atoms with Crippen LogP contribution in [0.3, 0.4) is 0 Å². The Morgan fingerprint density at radius 1 is 1.25 bits per heavy atom. The molecule has 48 valence electrons. The van der Waals surface area contributed by atoms with Crippen LogP contribution in [0.15, 0.2) is 0 Å². The maximum Gasteiger partial charge on any atom is 0.167 e. The number of carbonyl (C=O) groups excluding carboxylic acids is 1. The van der Waals surface area contributed by atoms with E-state index >= 15 is 0 Å². The Bertz CT molecular complexity index is 78.4. The largest absolute Gasteiger partial charge is 0.296 e. The minimum atomic E-state index is -0.456. The smallest absolute Gasteiger partial charge is 0.167 e. The molecule has 2 atom stereocenters. The van der Waals surface area contributed by atoms with Crippen molar-refractivity contribution in [3.05, 3.63) is 0 Å². The quantitative estimate of drug-likeness (QED) is 0.555. The lowest BCUT2D eigenvalue weighted by Gasteiger charge is -2.01. The molecule has 0 aliphatic rings. The first-order chi connectivity index (χ1) is 3.55. The summed E-state index contributed by atoms with van der Waals surface area (Å²) in [4.78, 5) is 10.6. The van der Waals surface area contributed by atoms with Gasteiger partial charge in [0.15, 0.2) is 5.78 Å². The molecule has 0 aliphatic heterocycles. The summed E-state index contributed by atoms with van der Waals surface area (Å²) >= 11 is 10.8. The molecule has 0 amide bonds. The molecule has 8 heavy (non-hydrogen) atoms. The van der Waals surface area contributed by atoms with Gasteiger partial charge in [-0.05, 0) is 13.8 Å². The monoisotopic (exact) mass is 154 g/mol. The molecule has 0 aliphatic carbocycles. The minimum Gasteiger partial charge on any atom is -0.296 e. The predicted octanol–water partition coefficient (Wildman–Crippen LogP) is 1.81. The second-order valence-electron chi connectivity index (χ2n) is 1.63. The highest BCUT2D eigenvalue weighted by Gasteiger charge is 2.14. The molecule has 0 aromatic rings. The van der Waals surface area contributed by atoms with Crippen LogP contribution in [-0.2, 0) is 4.79 Å². The highest BCUT2D eigenvalue weighted by Crippen LogP contribution is 2.04. The third-order valence-corrected chi connectivity index (χ3v) is 1.21. The Labute approximate surface area is 59.0 Å². The van der Waals surface area contributed by atoms with Gasteiger partial charge in [-0.2, -0.15) is 0 Å². The van der Waals surface area contributed by atoms with Crippen LogP contribution in [0.1, 0.15) is 13.8 Å². The standard InChI is InChI=1S/C5H8Cl2O/c1-3(6)5(8)4(2)7/h3-4H,1-2H3/t3-,4+. The zero-order valence-electron chi connectivity index (χ0n) is 4.82. The van der Waals surface area contributed by atoms with Gasteiger partial charge in [-0.1, -0.05) is 0 Å². The van der Waals surface area contributed by atoms with Crippen LogP contribution in [-0.4, -0.2) is 16.5 Å². The fourth-order valence-corrected chi connectivity index (χ4v) is 0.759. The van der Waals surface area contributed by atoms with E-state index in [2.05, 4.69) is 0 Å². The fourth-order valence-electron chi connectivity index (χ4n) is 0.316. The minimum absolute atomic E-state index is 0.117. The second kappa shape index (κ2) is 3.31. The van der Waals surface area contributed by atoms with Crippen molar-refractivity contribution in [2.75, 3.05) is 0 Å².